The van der Waals surface area contributed by atoms with Crippen molar-refractivity contribution in [1.29, 1.82) is 5.26 Å². The molecule has 1 fully saturated rings. The third-order valence-electron chi connectivity index (χ3n) is 5.14. The monoisotopic (exact) mass is 342 g/mol. The average Bonchev–Trinajstić information content (AvgIpc) is 2.78. The fraction of sp³-hybridized carbons (Fsp3) is 0.273. The first kappa shape index (κ1) is 16.6. The highest BCUT2D eigenvalue weighted by atomic mass is 15.3. The van der Waals surface area contributed by atoms with Crippen LogP contribution >= 0.6 is 0 Å². The van der Waals surface area contributed by atoms with E-state index in [-0.39, 0.29) is 0 Å². The molecule has 0 bridgehead atoms. The van der Waals surface area contributed by atoms with Gasteiger partial charge in [-0.25, -0.2) is 4.99 Å². The molecule has 0 unspecified atom stereocenters. The van der Waals surface area contributed by atoms with E-state index in [0.29, 0.717) is 0 Å². The molecule has 0 radical (unpaired) electrons. The molecule has 0 spiro atoms. The summed E-state index contributed by atoms with van der Waals surface area (Å²) in [6.07, 6.45) is 1.65. The van der Waals surface area contributed by atoms with E-state index >= 15 is 0 Å². The van der Waals surface area contributed by atoms with Crippen molar-refractivity contribution in [3.63, 3.8) is 0 Å². The average molecular weight is 342 g/mol. The number of allylic oxidation sites excluding steroid dienone is 1. The standard InChI is InChI=1S/C22H22N4/c1-16-7-8-21-20(15-16)18(9-10-23)17-5-3-4-6-19(17)22(24-21)26-13-11-25(2)12-14-26/h3-9,15H,11-14H2,1-2H3/b18-9+. The van der Waals surface area contributed by atoms with Gasteiger partial charge in [-0.2, -0.15) is 5.26 Å². The van der Waals surface area contributed by atoms with Crippen LogP contribution < -0.4 is 0 Å². The first-order chi connectivity index (χ1) is 12.7. The lowest BCUT2D eigenvalue weighted by molar-refractivity contribution is 0.216. The molecule has 4 nitrogen and oxygen atoms in total. The van der Waals surface area contributed by atoms with Crippen molar-refractivity contribution in [2.24, 2.45) is 4.99 Å². The van der Waals surface area contributed by atoms with Gasteiger partial charge in [0.25, 0.3) is 0 Å². The predicted octanol–water partition coefficient (Wildman–Crippen LogP) is 3.59. The second kappa shape index (κ2) is 6.78. The van der Waals surface area contributed by atoms with Crippen LogP contribution in [0.2, 0.25) is 0 Å². The molecule has 0 amide bonds. The Bertz CT molecular complexity index is 941. The van der Waals surface area contributed by atoms with E-state index in [0.717, 1.165) is 60.0 Å². The number of nitriles is 1. The highest BCUT2D eigenvalue weighted by Gasteiger charge is 2.26. The van der Waals surface area contributed by atoms with Crippen LogP contribution in [-0.4, -0.2) is 48.9 Å². The molecule has 2 heterocycles. The molecule has 0 saturated carbocycles. The minimum atomic E-state index is 0.933. The van der Waals surface area contributed by atoms with E-state index in [2.05, 4.69) is 66.2 Å². The number of benzene rings is 2. The summed E-state index contributed by atoms with van der Waals surface area (Å²) >= 11 is 0. The maximum atomic E-state index is 9.39. The van der Waals surface area contributed by atoms with Crippen molar-refractivity contribution in [3.8, 4) is 6.07 Å². The largest absolute Gasteiger partial charge is 0.354 e. The van der Waals surface area contributed by atoms with E-state index in [1.165, 1.54) is 5.56 Å². The fourth-order valence-corrected chi connectivity index (χ4v) is 3.67. The van der Waals surface area contributed by atoms with Crippen molar-refractivity contribution in [2.45, 2.75) is 6.92 Å². The minimum Gasteiger partial charge on any atom is -0.354 e. The Labute approximate surface area is 154 Å². The van der Waals surface area contributed by atoms with E-state index in [1.54, 1.807) is 6.08 Å². The molecule has 2 aromatic carbocycles. The number of likely N-dealkylation sites (N-methyl/N-ethyl adjacent to an activating group) is 1. The molecule has 26 heavy (non-hydrogen) atoms. The maximum absolute atomic E-state index is 9.39. The summed E-state index contributed by atoms with van der Waals surface area (Å²) in [5, 5.41) is 9.39. The molecule has 1 saturated heterocycles. The van der Waals surface area contributed by atoms with Crippen molar-refractivity contribution in [3.05, 3.63) is 70.8 Å². The van der Waals surface area contributed by atoms with E-state index in [1.807, 2.05) is 6.07 Å². The van der Waals surface area contributed by atoms with Gasteiger partial charge in [0.1, 0.15) is 5.84 Å². The zero-order valence-corrected chi connectivity index (χ0v) is 15.2. The van der Waals surface area contributed by atoms with Crippen LogP contribution in [0.25, 0.3) is 5.57 Å². The zero-order valence-electron chi connectivity index (χ0n) is 15.2. The molecule has 2 aromatic rings. The molecular formula is C22H22N4. The van der Waals surface area contributed by atoms with Crippen molar-refractivity contribution in [2.75, 3.05) is 33.2 Å². The third-order valence-corrected chi connectivity index (χ3v) is 5.14. The Balaban J connectivity index is 1.94. The summed E-state index contributed by atoms with van der Waals surface area (Å²) in [4.78, 5) is 9.79. The quantitative estimate of drug-likeness (QED) is 0.687. The number of hydrogen-bond donors (Lipinski definition) is 0. The van der Waals surface area contributed by atoms with Gasteiger partial charge in [-0.1, -0.05) is 35.9 Å². The van der Waals surface area contributed by atoms with Crippen molar-refractivity contribution >= 4 is 17.1 Å². The molecular weight excluding hydrogens is 320 g/mol. The van der Waals surface area contributed by atoms with Crippen LogP contribution in [-0.2, 0) is 0 Å². The predicted molar refractivity (Wildman–Crippen MR) is 106 cm³/mol. The molecule has 0 aliphatic carbocycles. The Morgan fingerprint density at radius 2 is 1.73 bits per heavy atom. The van der Waals surface area contributed by atoms with E-state index < -0.39 is 0 Å². The highest BCUT2D eigenvalue weighted by Crippen LogP contribution is 2.37. The molecule has 0 N–H and O–H groups in total. The molecule has 130 valence electrons. The topological polar surface area (TPSA) is 42.6 Å². The molecule has 2 aliphatic rings. The van der Waals surface area contributed by atoms with E-state index in [9.17, 15) is 5.26 Å². The first-order valence-electron chi connectivity index (χ1n) is 9.00. The summed E-state index contributed by atoms with van der Waals surface area (Å²) in [6, 6.07) is 16.8. The fourth-order valence-electron chi connectivity index (χ4n) is 3.67. The second-order valence-corrected chi connectivity index (χ2v) is 6.98. The van der Waals surface area contributed by atoms with Crippen LogP contribution in [0.1, 0.15) is 22.3 Å². The van der Waals surface area contributed by atoms with Crippen LogP contribution in [0.15, 0.2) is 53.5 Å². The molecule has 0 aromatic heterocycles. The van der Waals surface area contributed by atoms with Gasteiger partial charge in [-0.05, 0) is 31.7 Å². The van der Waals surface area contributed by atoms with Gasteiger partial charge in [0, 0.05) is 49.0 Å². The van der Waals surface area contributed by atoms with Gasteiger partial charge in [-0.15, -0.1) is 0 Å². The smallest absolute Gasteiger partial charge is 0.137 e. The number of nitrogens with zero attached hydrogens (tertiary/aromatic N) is 4. The van der Waals surface area contributed by atoms with Gasteiger partial charge in [-0.3, -0.25) is 0 Å². The highest BCUT2D eigenvalue weighted by molar-refractivity contribution is 6.08. The van der Waals surface area contributed by atoms with Gasteiger partial charge in [0.05, 0.1) is 11.8 Å². The SMILES string of the molecule is Cc1ccc2c(c1)/C(=C/C#N)c1ccccc1C(N1CCN(C)CC1)=N2. The number of aliphatic imine (C=N–C) groups is 1. The van der Waals surface area contributed by atoms with Crippen LogP contribution in [0.4, 0.5) is 5.69 Å². The lowest BCUT2D eigenvalue weighted by Crippen LogP contribution is -2.47. The van der Waals surface area contributed by atoms with Crippen molar-refractivity contribution in [1.82, 2.24) is 9.80 Å². The van der Waals surface area contributed by atoms with Crippen LogP contribution in [0.3, 0.4) is 0 Å². The van der Waals surface area contributed by atoms with E-state index in [4.69, 9.17) is 4.99 Å². The maximum Gasteiger partial charge on any atom is 0.137 e. The Hall–Kier alpha value is -2.90. The summed E-state index contributed by atoms with van der Waals surface area (Å²) in [5.41, 5.74) is 6.27. The Kier molecular flexibility index (Phi) is 4.32. The summed E-state index contributed by atoms with van der Waals surface area (Å²) < 4.78 is 0. The zero-order chi connectivity index (χ0) is 18.1. The van der Waals surface area contributed by atoms with Gasteiger partial charge in [0.2, 0.25) is 0 Å². The summed E-state index contributed by atoms with van der Waals surface area (Å²) in [5.74, 6) is 1.01. The third kappa shape index (κ3) is 2.91. The molecule has 4 heteroatoms. The van der Waals surface area contributed by atoms with Crippen molar-refractivity contribution < 1.29 is 0 Å². The molecule has 4 rings (SSSR count). The van der Waals surface area contributed by atoms with Gasteiger partial charge >= 0.3 is 0 Å². The number of aryl methyl sites for hydroxylation is 1. The lowest BCUT2D eigenvalue weighted by Gasteiger charge is -2.35. The van der Waals surface area contributed by atoms with Gasteiger partial charge in [0.15, 0.2) is 0 Å². The number of fused-ring (bicyclic) bond motifs is 2. The first-order valence-corrected chi connectivity index (χ1v) is 9.00. The Morgan fingerprint density at radius 1 is 1.00 bits per heavy atom. The number of hydrogen-bond acceptors (Lipinski definition) is 4. The van der Waals surface area contributed by atoms with Gasteiger partial charge < -0.3 is 9.80 Å². The Morgan fingerprint density at radius 3 is 2.46 bits per heavy atom. The summed E-state index contributed by atoms with van der Waals surface area (Å²) in [6.45, 7) is 6.06. The van der Waals surface area contributed by atoms with Crippen LogP contribution in [0.5, 0.6) is 0 Å². The minimum absolute atomic E-state index is 0.933. The summed E-state index contributed by atoms with van der Waals surface area (Å²) in [7, 11) is 2.16. The van der Waals surface area contributed by atoms with Crippen LogP contribution in [0, 0.1) is 18.3 Å². The lowest BCUT2D eigenvalue weighted by atomic mass is 9.92. The number of piperazine rings is 1. The second-order valence-electron chi connectivity index (χ2n) is 6.98. The number of rotatable bonds is 0. The normalized spacial score (nSPS) is 18.6. The number of amidine groups is 1. The molecule has 2 aliphatic heterocycles. The molecule has 0 atom stereocenters.